The van der Waals surface area contributed by atoms with Crippen LogP contribution in [0.25, 0.3) is 10.1 Å². The molecular weight excluding hydrogens is 571 g/mol. The summed E-state index contributed by atoms with van der Waals surface area (Å²) in [6.07, 6.45) is 2.88. The molecule has 1 saturated heterocycles. The second-order valence-corrected chi connectivity index (χ2v) is 14.7. The van der Waals surface area contributed by atoms with Gasteiger partial charge in [0.2, 0.25) is 0 Å². The molecule has 2 N–H and O–H groups in total. The monoisotopic (exact) mass is 590 g/mol. The average Bonchev–Trinajstić information content (AvgIpc) is 3.39. The van der Waals surface area contributed by atoms with Crippen LogP contribution in [0.1, 0.15) is 50.2 Å². The number of carbonyl (C=O) groups is 2. The molecular formula is C23H21Cl3N2O4S3. The zero-order valence-corrected chi connectivity index (χ0v) is 23.3. The summed E-state index contributed by atoms with van der Waals surface area (Å²) < 4.78 is 24.4. The Balaban J connectivity index is 1.48. The van der Waals surface area contributed by atoms with E-state index in [1.165, 1.54) is 22.7 Å². The minimum atomic E-state index is -3.14. The highest BCUT2D eigenvalue weighted by Crippen LogP contribution is 2.43. The summed E-state index contributed by atoms with van der Waals surface area (Å²) >= 11 is 21.5. The molecule has 0 bridgehead atoms. The summed E-state index contributed by atoms with van der Waals surface area (Å²) in [5.41, 5.74) is 1.35. The van der Waals surface area contributed by atoms with E-state index in [4.69, 9.17) is 34.8 Å². The van der Waals surface area contributed by atoms with Crippen molar-refractivity contribution >= 4 is 94.2 Å². The average molecular weight is 592 g/mol. The molecule has 0 spiro atoms. The van der Waals surface area contributed by atoms with E-state index in [0.29, 0.717) is 43.0 Å². The van der Waals surface area contributed by atoms with Crippen molar-refractivity contribution in [2.75, 3.05) is 16.8 Å². The SMILES string of the molecule is CC1CCc2c(sc(NC(=O)c3sc4cc(Cl)cc(Cl)c4c3Cl)c2C(=O)NC2CCS(=O)(=O)C2)C1. The normalized spacial score (nSPS) is 21.1. The van der Waals surface area contributed by atoms with Crippen LogP contribution in [0.2, 0.25) is 15.1 Å². The molecule has 186 valence electrons. The second kappa shape index (κ2) is 9.50. The lowest BCUT2D eigenvalue weighted by atomic mass is 9.88. The van der Waals surface area contributed by atoms with Crippen molar-refractivity contribution in [3.05, 3.63) is 48.1 Å². The van der Waals surface area contributed by atoms with Gasteiger partial charge in [0.1, 0.15) is 9.88 Å². The Morgan fingerprint density at radius 2 is 1.86 bits per heavy atom. The zero-order chi connectivity index (χ0) is 25.1. The first-order valence-electron chi connectivity index (χ1n) is 11.1. The highest BCUT2D eigenvalue weighted by atomic mass is 35.5. The van der Waals surface area contributed by atoms with Crippen LogP contribution >= 0.6 is 57.5 Å². The smallest absolute Gasteiger partial charge is 0.267 e. The minimum absolute atomic E-state index is 0.0650. The van der Waals surface area contributed by atoms with Gasteiger partial charge in [0, 0.05) is 26.0 Å². The standard InChI is InChI=1S/C23H21Cl3N2O4S3/c1-10-2-3-13-15(6-10)34-23(17(13)21(29)27-12-4-5-35(31,32)9-12)28-22(30)20-19(26)18-14(25)7-11(24)8-16(18)33-20/h7-8,10,12H,2-6,9H2,1H3,(H,27,29)(H,28,30). The van der Waals surface area contributed by atoms with Crippen molar-refractivity contribution in [2.45, 2.75) is 38.6 Å². The molecule has 1 aliphatic heterocycles. The van der Waals surface area contributed by atoms with E-state index in [1.807, 2.05) is 0 Å². The van der Waals surface area contributed by atoms with Gasteiger partial charge in [-0.3, -0.25) is 9.59 Å². The van der Waals surface area contributed by atoms with Gasteiger partial charge in [-0.25, -0.2) is 8.42 Å². The first-order valence-corrected chi connectivity index (χ1v) is 15.7. The topological polar surface area (TPSA) is 92.3 Å². The molecule has 1 fully saturated rings. The minimum Gasteiger partial charge on any atom is -0.348 e. The van der Waals surface area contributed by atoms with Gasteiger partial charge >= 0.3 is 0 Å². The lowest BCUT2D eigenvalue weighted by Gasteiger charge is -2.19. The maximum atomic E-state index is 13.3. The van der Waals surface area contributed by atoms with Gasteiger partial charge in [0.05, 0.1) is 27.1 Å². The van der Waals surface area contributed by atoms with Crippen LogP contribution in [0.3, 0.4) is 0 Å². The van der Waals surface area contributed by atoms with Crippen LogP contribution in [0.5, 0.6) is 0 Å². The third-order valence-electron chi connectivity index (χ3n) is 6.39. The van der Waals surface area contributed by atoms with Crippen LogP contribution in [0.15, 0.2) is 12.1 Å². The van der Waals surface area contributed by atoms with Gasteiger partial charge in [0.25, 0.3) is 11.8 Å². The van der Waals surface area contributed by atoms with Crippen LogP contribution in [-0.2, 0) is 22.7 Å². The van der Waals surface area contributed by atoms with E-state index >= 15 is 0 Å². The molecule has 6 nitrogen and oxygen atoms in total. The molecule has 1 aromatic carbocycles. The fourth-order valence-electron chi connectivity index (χ4n) is 4.66. The number of hydrogen-bond acceptors (Lipinski definition) is 6. The number of sulfone groups is 1. The predicted molar refractivity (Wildman–Crippen MR) is 145 cm³/mol. The highest BCUT2D eigenvalue weighted by molar-refractivity contribution is 7.91. The summed E-state index contributed by atoms with van der Waals surface area (Å²) in [7, 11) is -3.14. The van der Waals surface area contributed by atoms with Crippen molar-refractivity contribution in [2.24, 2.45) is 5.92 Å². The molecule has 2 unspecified atom stereocenters. The number of amides is 2. The van der Waals surface area contributed by atoms with E-state index in [0.717, 1.165) is 29.7 Å². The Labute approximate surface area is 225 Å². The van der Waals surface area contributed by atoms with Crippen molar-refractivity contribution < 1.29 is 18.0 Å². The molecule has 0 saturated carbocycles. The van der Waals surface area contributed by atoms with E-state index in [-0.39, 0.29) is 27.3 Å². The molecule has 3 aromatic rings. The Kier molecular flexibility index (Phi) is 6.87. The molecule has 0 radical (unpaired) electrons. The number of halogens is 3. The number of anilines is 1. The van der Waals surface area contributed by atoms with Crippen LogP contribution in [0.4, 0.5) is 5.00 Å². The summed E-state index contributed by atoms with van der Waals surface area (Å²) in [5, 5.41) is 7.84. The number of rotatable bonds is 4. The predicted octanol–water partition coefficient (Wildman–Crippen LogP) is 6.22. The second-order valence-electron chi connectivity index (χ2n) is 9.09. The van der Waals surface area contributed by atoms with E-state index in [2.05, 4.69) is 17.6 Å². The van der Waals surface area contributed by atoms with E-state index < -0.39 is 21.8 Å². The molecule has 5 rings (SSSR count). The Hall–Kier alpha value is -1.36. The molecule has 2 atom stereocenters. The number of carbonyl (C=O) groups excluding carboxylic acids is 2. The first-order chi connectivity index (χ1) is 16.5. The maximum Gasteiger partial charge on any atom is 0.267 e. The Bertz CT molecular complexity index is 1480. The highest BCUT2D eigenvalue weighted by Gasteiger charge is 2.33. The molecule has 1 aliphatic carbocycles. The van der Waals surface area contributed by atoms with Crippen molar-refractivity contribution in [3.8, 4) is 0 Å². The van der Waals surface area contributed by atoms with Gasteiger partial charge < -0.3 is 10.6 Å². The van der Waals surface area contributed by atoms with Crippen LogP contribution in [-0.4, -0.2) is 37.8 Å². The third kappa shape index (κ3) is 4.95. The van der Waals surface area contributed by atoms with E-state index in [9.17, 15) is 18.0 Å². The lowest BCUT2D eigenvalue weighted by Crippen LogP contribution is -2.36. The quantitative estimate of drug-likeness (QED) is 0.377. The summed E-state index contributed by atoms with van der Waals surface area (Å²) in [5.74, 6) is -0.314. The van der Waals surface area contributed by atoms with Crippen molar-refractivity contribution in [3.63, 3.8) is 0 Å². The maximum absolute atomic E-state index is 13.3. The van der Waals surface area contributed by atoms with Gasteiger partial charge in [-0.15, -0.1) is 22.7 Å². The zero-order valence-electron chi connectivity index (χ0n) is 18.5. The molecule has 3 heterocycles. The molecule has 12 heteroatoms. The van der Waals surface area contributed by atoms with Crippen molar-refractivity contribution in [1.29, 1.82) is 0 Å². The molecule has 2 aliphatic rings. The Morgan fingerprint density at radius 3 is 2.57 bits per heavy atom. The van der Waals surface area contributed by atoms with Gasteiger partial charge in [-0.2, -0.15) is 0 Å². The summed E-state index contributed by atoms with van der Waals surface area (Å²) in [6.45, 7) is 2.16. The summed E-state index contributed by atoms with van der Waals surface area (Å²) in [6, 6.07) is 2.85. The Morgan fingerprint density at radius 1 is 1.09 bits per heavy atom. The van der Waals surface area contributed by atoms with Crippen LogP contribution < -0.4 is 10.6 Å². The molecule has 2 aromatic heterocycles. The number of benzene rings is 1. The number of fused-ring (bicyclic) bond motifs is 2. The molecule has 2 amide bonds. The third-order valence-corrected chi connectivity index (χ3v) is 11.5. The van der Waals surface area contributed by atoms with Crippen LogP contribution in [0, 0.1) is 5.92 Å². The largest absolute Gasteiger partial charge is 0.348 e. The van der Waals surface area contributed by atoms with Gasteiger partial charge in [-0.05, 0) is 49.3 Å². The number of thiophene rings is 2. The first kappa shape index (κ1) is 25.3. The lowest BCUT2D eigenvalue weighted by molar-refractivity contribution is 0.0941. The van der Waals surface area contributed by atoms with Gasteiger partial charge in [0.15, 0.2) is 9.84 Å². The fourth-order valence-corrected chi connectivity index (χ4v) is 10.0. The van der Waals surface area contributed by atoms with Gasteiger partial charge in [-0.1, -0.05) is 41.7 Å². The molecule has 35 heavy (non-hydrogen) atoms. The number of hydrogen-bond donors (Lipinski definition) is 2. The fraction of sp³-hybridized carbons (Fsp3) is 0.391. The van der Waals surface area contributed by atoms with E-state index in [1.54, 1.807) is 12.1 Å². The summed E-state index contributed by atoms with van der Waals surface area (Å²) in [4.78, 5) is 28.0. The van der Waals surface area contributed by atoms with Crippen molar-refractivity contribution in [1.82, 2.24) is 5.32 Å². The number of nitrogens with one attached hydrogen (secondary N) is 2.